The Bertz CT molecular complexity index is 474. The fourth-order valence-corrected chi connectivity index (χ4v) is 2.59. The van der Waals surface area contributed by atoms with Crippen molar-refractivity contribution in [2.24, 2.45) is 11.3 Å². The highest BCUT2D eigenvalue weighted by Gasteiger charge is 2.52. The second-order valence-electron chi connectivity index (χ2n) is 7.24. The molecule has 1 atom stereocenters. The summed E-state index contributed by atoms with van der Waals surface area (Å²) < 4.78 is 0. The van der Waals surface area contributed by atoms with E-state index in [4.69, 9.17) is 0 Å². The van der Waals surface area contributed by atoms with Crippen LogP contribution in [0, 0.1) is 11.3 Å². The van der Waals surface area contributed by atoms with Gasteiger partial charge >= 0.3 is 0 Å². The summed E-state index contributed by atoms with van der Waals surface area (Å²) in [5, 5.41) is 10.1. The predicted octanol–water partition coefficient (Wildman–Crippen LogP) is 2.83. The Morgan fingerprint density at radius 2 is 1.90 bits per heavy atom. The Balaban J connectivity index is 2.11. The first kappa shape index (κ1) is 15.0. The standard InChI is InChI=1S/C17H25NO2/c1-16(2)10-14(16)15(19)18(12-17(3,4)20)11-13-8-6-5-7-9-13/h5-9,14,20H,10-12H2,1-4H3. The van der Waals surface area contributed by atoms with Gasteiger partial charge in [0.15, 0.2) is 0 Å². The van der Waals surface area contributed by atoms with E-state index in [0.717, 1.165) is 12.0 Å². The normalized spacial score (nSPS) is 20.6. The highest BCUT2D eigenvalue weighted by atomic mass is 16.3. The Hall–Kier alpha value is -1.35. The Morgan fingerprint density at radius 3 is 2.35 bits per heavy atom. The molecular weight excluding hydrogens is 250 g/mol. The minimum absolute atomic E-state index is 0.105. The molecule has 0 bridgehead atoms. The molecule has 20 heavy (non-hydrogen) atoms. The second kappa shape index (κ2) is 5.21. The van der Waals surface area contributed by atoms with E-state index in [1.165, 1.54) is 0 Å². The first-order valence-corrected chi connectivity index (χ1v) is 7.24. The van der Waals surface area contributed by atoms with Gasteiger partial charge in [0.25, 0.3) is 0 Å². The summed E-state index contributed by atoms with van der Waals surface area (Å²) in [7, 11) is 0. The minimum atomic E-state index is -0.872. The first-order valence-electron chi connectivity index (χ1n) is 7.24. The van der Waals surface area contributed by atoms with Crippen molar-refractivity contribution >= 4 is 5.91 Å². The van der Waals surface area contributed by atoms with Crippen LogP contribution >= 0.6 is 0 Å². The van der Waals surface area contributed by atoms with Crippen molar-refractivity contribution < 1.29 is 9.90 Å². The van der Waals surface area contributed by atoms with E-state index in [-0.39, 0.29) is 17.2 Å². The average molecular weight is 275 g/mol. The van der Waals surface area contributed by atoms with Crippen LogP contribution in [0.25, 0.3) is 0 Å². The van der Waals surface area contributed by atoms with Crippen molar-refractivity contribution in [2.45, 2.75) is 46.3 Å². The second-order valence-corrected chi connectivity index (χ2v) is 7.24. The first-order chi connectivity index (χ1) is 9.19. The third-order valence-corrected chi connectivity index (χ3v) is 3.92. The summed E-state index contributed by atoms with van der Waals surface area (Å²) in [4.78, 5) is 14.4. The Morgan fingerprint density at radius 1 is 1.35 bits per heavy atom. The summed E-state index contributed by atoms with van der Waals surface area (Å²) in [5.74, 6) is 0.273. The van der Waals surface area contributed by atoms with E-state index < -0.39 is 5.60 Å². The fraction of sp³-hybridized carbons (Fsp3) is 0.588. The monoisotopic (exact) mass is 275 g/mol. The molecule has 0 heterocycles. The van der Waals surface area contributed by atoms with Crippen LogP contribution in [0.5, 0.6) is 0 Å². The molecule has 0 aromatic heterocycles. The molecule has 1 fully saturated rings. The van der Waals surface area contributed by atoms with Gasteiger partial charge in [-0.3, -0.25) is 4.79 Å². The van der Waals surface area contributed by atoms with E-state index >= 15 is 0 Å². The molecule has 1 amide bonds. The van der Waals surface area contributed by atoms with Crippen LogP contribution in [0.15, 0.2) is 30.3 Å². The van der Waals surface area contributed by atoms with Crippen LogP contribution in [0.3, 0.4) is 0 Å². The van der Waals surface area contributed by atoms with Gasteiger partial charge in [-0.25, -0.2) is 0 Å². The molecule has 110 valence electrons. The lowest BCUT2D eigenvalue weighted by Crippen LogP contribution is -2.43. The van der Waals surface area contributed by atoms with E-state index in [1.54, 1.807) is 18.7 Å². The molecule has 1 saturated carbocycles. The molecule has 0 spiro atoms. The quantitative estimate of drug-likeness (QED) is 0.897. The van der Waals surface area contributed by atoms with Gasteiger partial charge in [0, 0.05) is 19.0 Å². The molecule has 3 heteroatoms. The number of hydrogen-bond donors (Lipinski definition) is 1. The highest BCUT2D eigenvalue weighted by Crippen LogP contribution is 2.52. The largest absolute Gasteiger partial charge is 0.389 e. The van der Waals surface area contributed by atoms with Crippen LogP contribution in [-0.2, 0) is 11.3 Å². The molecule has 1 aliphatic rings. The summed E-state index contributed by atoms with van der Waals surface area (Å²) in [6.45, 7) is 8.68. The molecule has 1 unspecified atom stereocenters. The number of rotatable bonds is 5. The van der Waals surface area contributed by atoms with Crippen LogP contribution in [0.4, 0.5) is 0 Å². The summed E-state index contributed by atoms with van der Waals surface area (Å²) in [6.07, 6.45) is 0.947. The van der Waals surface area contributed by atoms with E-state index in [9.17, 15) is 9.90 Å². The lowest BCUT2D eigenvalue weighted by molar-refractivity contribution is -0.137. The maximum Gasteiger partial charge on any atom is 0.226 e. The molecule has 0 aliphatic heterocycles. The number of aliphatic hydroxyl groups is 1. The maximum absolute atomic E-state index is 12.6. The van der Waals surface area contributed by atoms with Gasteiger partial charge < -0.3 is 10.0 Å². The molecule has 2 rings (SSSR count). The number of carbonyl (C=O) groups excluding carboxylic acids is 1. The van der Waals surface area contributed by atoms with Crippen molar-refractivity contribution in [3.8, 4) is 0 Å². The summed E-state index contributed by atoms with van der Waals surface area (Å²) in [6, 6.07) is 9.95. The molecule has 0 radical (unpaired) electrons. The molecule has 0 saturated heterocycles. The smallest absolute Gasteiger partial charge is 0.226 e. The van der Waals surface area contributed by atoms with Crippen molar-refractivity contribution in [1.82, 2.24) is 4.90 Å². The van der Waals surface area contributed by atoms with Crippen molar-refractivity contribution in [2.75, 3.05) is 6.54 Å². The number of carbonyl (C=O) groups is 1. The maximum atomic E-state index is 12.6. The third-order valence-electron chi connectivity index (χ3n) is 3.92. The SMILES string of the molecule is CC(C)(O)CN(Cc1ccccc1)C(=O)C1CC1(C)C. The topological polar surface area (TPSA) is 40.5 Å². The Kier molecular flexibility index (Phi) is 3.92. The van der Waals surface area contributed by atoms with Crippen LogP contribution in [0.2, 0.25) is 0 Å². The van der Waals surface area contributed by atoms with Crippen molar-refractivity contribution in [3.05, 3.63) is 35.9 Å². The molecule has 1 aromatic rings. The van der Waals surface area contributed by atoms with E-state index in [2.05, 4.69) is 13.8 Å². The number of nitrogens with zero attached hydrogens (tertiary/aromatic N) is 1. The molecule has 3 nitrogen and oxygen atoms in total. The fourth-order valence-electron chi connectivity index (χ4n) is 2.59. The summed E-state index contributed by atoms with van der Waals surface area (Å²) >= 11 is 0. The van der Waals surface area contributed by atoms with Gasteiger partial charge in [-0.1, -0.05) is 44.2 Å². The molecule has 1 N–H and O–H groups in total. The van der Waals surface area contributed by atoms with E-state index in [1.807, 2.05) is 30.3 Å². The van der Waals surface area contributed by atoms with Gasteiger partial charge in [0.05, 0.1) is 5.60 Å². The zero-order chi connectivity index (χ0) is 15.0. The van der Waals surface area contributed by atoms with Gasteiger partial charge in [-0.15, -0.1) is 0 Å². The summed E-state index contributed by atoms with van der Waals surface area (Å²) in [5.41, 5.74) is 0.346. The van der Waals surface area contributed by atoms with Gasteiger partial charge in [-0.2, -0.15) is 0 Å². The van der Waals surface area contributed by atoms with Crippen LogP contribution in [-0.4, -0.2) is 28.1 Å². The van der Waals surface area contributed by atoms with Gasteiger partial charge in [-0.05, 0) is 31.2 Å². The molecule has 1 aromatic carbocycles. The average Bonchev–Trinajstić information content (AvgIpc) is 2.96. The third kappa shape index (κ3) is 3.83. The number of amides is 1. The minimum Gasteiger partial charge on any atom is -0.389 e. The number of hydrogen-bond acceptors (Lipinski definition) is 2. The van der Waals surface area contributed by atoms with Crippen LogP contribution < -0.4 is 0 Å². The zero-order valence-corrected chi connectivity index (χ0v) is 12.9. The highest BCUT2D eigenvalue weighted by molar-refractivity contribution is 5.82. The number of benzene rings is 1. The van der Waals surface area contributed by atoms with Gasteiger partial charge in [0.2, 0.25) is 5.91 Å². The zero-order valence-electron chi connectivity index (χ0n) is 12.9. The lowest BCUT2D eigenvalue weighted by atomic mass is 10.1. The van der Waals surface area contributed by atoms with E-state index in [0.29, 0.717) is 13.1 Å². The molecule has 1 aliphatic carbocycles. The molecular formula is C17H25NO2. The van der Waals surface area contributed by atoms with Crippen molar-refractivity contribution in [1.29, 1.82) is 0 Å². The van der Waals surface area contributed by atoms with Crippen LogP contribution in [0.1, 0.15) is 39.7 Å². The van der Waals surface area contributed by atoms with Crippen molar-refractivity contribution in [3.63, 3.8) is 0 Å². The lowest BCUT2D eigenvalue weighted by Gasteiger charge is -2.30. The Labute approximate surface area is 121 Å². The predicted molar refractivity (Wildman–Crippen MR) is 80.0 cm³/mol. The van der Waals surface area contributed by atoms with Gasteiger partial charge in [0.1, 0.15) is 0 Å².